The molecule has 0 spiro atoms. The molecule has 1 aromatic heterocycles. The molecule has 1 unspecified atom stereocenters. The number of ether oxygens (including phenoxy) is 1. The zero-order chi connectivity index (χ0) is 17.9. The van der Waals surface area contributed by atoms with Gasteiger partial charge in [0.25, 0.3) is 0 Å². The van der Waals surface area contributed by atoms with Gasteiger partial charge in [-0.2, -0.15) is 0 Å². The number of carbonyl (C=O) groups excluding carboxylic acids is 1. The van der Waals surface area contributed by atoms with E-state index in [0.29, 0.717) is 24.0 Å². The Morgan fingerprint density at radius 2 is 2.08 bits per heavy atom. The van der Waals surface area contributed by atoms with E-state index in [1.54, 1.807) is 37.6 Å². The molecular weight excluding hydrogens is 341 g/mol. The second kappa shape index (κ2) is 7.23. The minimum Gasteiger partial charge on any atom is -0.481 e. The number of hydrogen-bond acceptors (Lipinski definition) is 5. The highest BCUT2D eigenvalue weighted by Gasteiger charge is 2.44. The summed E-state index contributed by atoms with van der Waals surface area (Å²) in [6.45, 7) is 2.37. The van der Waals surface area contributed by atoms with Crippen molar-refractivity contribution < 1.29 is 13.9 Å². The van der Waals surface area contributed by atoms with Crippen LogP contribution in [-0.2, 0) is 16.0 Å². The molecule has 0 bridgehead atoms. The lowest BCUT2D eigenvalue weighted by molar-refractivity contribution is -0.121. The average molecular weight is 359 g/mol. The molecule has 1 aliphatic heterocycles. The number of aromatic nitrogens is 1. The maximum absolute atomic E-state index is 12.9. The summed E-state index contributed by atoms with van der Waals surface area (Å²) >= 11 is 1.38. The molecule has 2 heterocycles. The molecule has 1 fully saturated rings. The molecule has 0 saturated carbocycles. The van der Waals surface area contributed by atoms with Gasteiger partial charge in [0, 0.05) is 18.8 Å². The van der Waals surface area contributed by atoms with E-state index in [-0.39, 0.29) is 11.7 Å². The molecule has 1 saturated heterocycles. The van der Waals surface area contributed by atoms with E-state index >= 15 is 0 Å². The van der Waals surface area contributed by atoms with Gasteiger partial charge in [0.05, 0.1) is 7.11 Å². The van der Waals surface area contributed by atoms with Crippen LogP contribution in [0.4, 0.5) is 4.39 Å². The Hall–Kier alpha value is -2.41. The number of hydrogen-bond donors (Lipinski definition) is 1. The summed E-state index contributed by atoms with van der Waals surface area (Å²) < 4.78 is 17.3. The number of pyridine rings is 1. The van der Waals surface area contributed by atoms with Crippen molar-refractivity contribution in [1.29, 1.82) is 0 Å². The molecule has 1 aliphatic rings. The van der Waals surface area contributed by atoms with E-state index in [2.05, 4.69) is 15.3 Å². The first kappa shape index (κ1) is 17.4. The smallest absolute Gasteiger partial charge is 0.246 e. The predicted molar refractivity (Wildman–Crippen MR) is 96.3 cm³/mol. The Kier molecular flexibility index (Phi) is 5.03. The van der Waals surface area contributed by atoms with Gasteiger partial charge in [0.15, 0.2) is 5.17 Å². The Morgan fingerprint density at radius 3 is 2.80 bits per heavy atom. The summed E-state index contributed by atoms with van der Waals surface area (Å²) in [5, 5.41) is 3.42. The highest BCUT2D eigenvalue weighted by molar-refractivity contribution is 8.15. The number of halogens is 1. The lowest BCUT2D eigenvalue weighted by atomic mass is 10.0. The Morgan fingerprint density at radius 1 is 1.32 bits per heavy atom. The first-order chi connectivity index (χ1) is 12.0. The molecule has 0 aliphatic carbocycles. The Labute approximate surface area is 149 Å². The first-order valence-electron chi connectivity index (χ1n) is 7.81. The van der Waals surface area contributed by atoms with Gasteiger partial charge in [0.1, 0.15) is 10.6 Å². The summed E-state index contributed by atoms with van der Waals surface area (Å²) in [5.74, 6) is 0.0948. The molecule has 5 nitrogen and oxygen atoms in total. The largest absolute Gasteiger partial charge is 0.481 e. The number of amidine groups is 1. The highest BCUT2D eigenvalue weighted by Crippen LogP contribution is 2.41. The van der Waals surface area contributed by atoms with Crippen LogP contribution in [0.3, 0.4) is 0 Å². The number of rotatable bonds is 5. The van der Waals surface area contributed by atoms with Crippen molar-refractivity contribution in [3.8, 4) is 5.88 Å². The van der Waals surface area contributed by atoms with Crippen LogP contribution in [0.25, 0.3) is 0 Å². The van der Waals surface area contributed by atoms with E-state index in [1.807, 2.05) is 6.92 Å². The van der Waals surface area contributed by atoms with E-state index < -0.39 is 4.75 Å². The molecule has 1 amide bonds. The topological polar surface area (TPSA) is 63.6 Å². The third-order valence-corrected chi connectivity index (χ3v) is 5.27. The molecule has 2 aromatic rings. The molecule has 1 N–H and O–H groups in total. The Balaban J connectivity index is 1.69. The van der Waals surface area contributed by atoms with Gasteiger partial charge >= 0.3 is 0 Å². The van der Waals surface area contributed by atoms with Crippen LogP contribution in [0.5, 0.6) is 5.88 Å². The maximum atomic E-state index is 12.9. The fraction of sp³-hybridized carbons (Fsp3) is 0.278. The number of amides is 1. The zero-order valence-electron chi connectivity index (χ0n) is 14.0. The molecular formula is C18H18FN3O2S. The normalized spacial score (nSPS) is 21.4. The van der Waals surface area contributed by atoms with Crippen molar-refractivity contribution in [3.63, 3.8) is 0 Å². The van der Waals surface area contributed by atoms with Gasteiger partial charge in [-0.05, 0) is 42.7 Å². The van der Waals surface area contributed by atoms with Gasteiger partial charge in [-0.1, -0.05) is 23.9 Å². The molecule has 1 atom stereocenters. The van der Waals surface area contributed by atoms with Crippen LogP contribution < -0.4 is 10.1 Å². The lowest BCUT2D eigenvalue weighted by Gasteiger charge is -2.19. The number of thioether (sulfide) groups is 1. The second-order valence-corrected chi connectivity index (χ2v) is 7.15. The molecule has 130 valence electrons. The monoisotopic (exact) mass is 359 g/mol. The summed E-state index contributed by atoms with van der Waals surface area (Å²) in [7, 11) is 1.54. The molecule has 0 radical (unpaired) electrons. The third kappa shape index (κ3) is 3.82. The number of nitrogens with one attached hydrogen (secondary N) is 1. The maximum Gasteiger partial charge on any atom is 0.246 e. The third-order valence-electron chi connectivity index (χ3n) is 4.02. The number of methoxy groups -OCH3 is 1. The first-order valence-corrected chi connectivity index (χ1v) is 8.63. The van der Waals surface area contributed by atoms with E-state index in [9.17, 15) is 9.18 Å². The summed E-state index contributed by atoms with van der Waals surface area (Å²) in [6, 6.07) is 9.90. The SMILES string of the molecule is COc1cc(C2(C)SC(=NCCc3ccc(F)cc3)NC2=O)ccn1. The van der Waals surface area contributed by atoms with Crippen LogP contribution in [0, 0.1) is 5.82 Å². The zero-order valence-corrected chi connectivity index (χ0v) is 14.8. The van der Waals surface area contributed by atoms with Gasteiger partial charge in [-0.3, -0.25) is 9.79 Å². The quantitative estimate of drug-likeness (QED) is 0.892. The molecule has 25 heavy (non-hydrogen) atoms. The van der Waals surface area contributed by atoms with Gasteiger partial charge in [0.2, 0.25) is 11.8 Å². The van der Waals surface area contributed by atoms with Crippen LogP contribution in [-0.4, -0.2) is 29.7 Å². The minimum atomic E-state index is -0.773. The highest BCUT2D eigenvalue weighted by atomic mass is 32.2. The lowest BCUT2D eigenvalue weighted by Crippen LogP contribution is -2.31. The average Bonchev–Trinajstić information content (AvgIpc) is 2.92. The van der Waals surface area contributed by atoms with Gasteiger partial charge in [-0.25, -0.2) is 9.37 Å². The van der Waals surface area contributed by atoms with Crippen LogP contribution in [0.15, 0.2) is 47.6 Å². The molecule has 7 heteroatoms. The molecule has 3 rings (SSSR count). The number of carbonyl (C=O) groups is 1. The number of benzene rings is 1. The Bertz CT molecular complexity index is 810. The van der Waals surface area contributed by atoms with Crippen molar-refractivity contribution in [2.24, 2.45) is 4.99 Å². The van der Waals surface area contributed by atoms with Crippen LogP contribution in [0.1, 0.15) is 18.1 Å². The predicted octanol–water partition coefficient (Wildman–Crippen LogP) is 2.91. The second-order valence-electron chi connectivity index (χ2n) is 5.74. The molecule has 1 aromatic carbocycles. The fourth-order valence-corrected chi connectivity index (χ4v) is 3.57. The van der Waals surface area contributed by atoms with Crippen molar-refractivity contribution in [2.45, 2.75) is 18.1 Å². The van der Waals surface area contributed by atoms with Crippen LogP contribution >= 0.6 is 11.8 Å². The van der Waals surface area contributed by atoms with Gasteiger partial charge in [-0.15, -0.1) is 0 Å². The van der Waals surface area contributed by atoms with E-state index in [0.717, 1.165) is 11.1 Å². The van der Waals surface area contributed by atoms with E-state index in [4.69, 9.17) is 4.74 Å². The fourth-order valence-electron chi connectivity index (χ4n) is 2.50. The van der Waals surface area contributed by atoms with E-state index in [1.165, 1.54) is 23.9 Å². The summed E-state index contributed by atoms with van der Waals surface area (Å²) in [6.07, 6.45) is 2.30. The standard InChI is InChI=1S/C18H18FN3O2S/c1-18(13-8-10-20-15(11-13)24-2)16(23)22-17(25-18)21-9-7-12-3-5-14(19)6-4-12/h3-6,8,10-11H,7,9H2,1-2H3,(H,21,22,23). The minimum absolute atomic E-state index is 0.119. The van der Waals surface area contributed by atoms with Crippen molar-refractivity contribution in [1.82, 2.24) is 10.3 Å². The number of nitrogens with zero attached hydrogens (tertiary/aromatic N) is 2. The van der Waals surface area contributed by atoms with Gasteiger partial charge < -0.3 is 10.1 Å². The van der Waals surface area contributed by atoms with Crippen LogP contribution in [0.2, 0.25) is 0 Å². The van der Waals surface area contributed by atoms with Crippen molar-refractivity contribution in [3.05, 3.63) is 59.5 Å². The van der Waals surface area contributed by atoms with Crippen molar-refractivity contribution >= 4 is 22.8 Å². The summed E-state index contributed by atoms with van der Waals surface area (Å²) in [5.41, 5.74) is 1.81. The number of aliphatic imine (C=N–C) groups is 1. The summed E-state index contributed by atoms with van der Waals surface area (Å²) in [4.78, 5) is 21.0. The van der Waals surface area contributed by atoms with Crippen molar-refractivity contribution in [2.75, 3.05) is 13.7 Å².